The summed E-state index contributed by atoms with van der Waals surface area (Å²) in [6, 6.07) is 0. The Hall–Kier alpha value is -0.440. The third kappa shape index (κ3) is 15.9. The maximum atomic E-state index is 3.40. The molecule has 0 heterocycles. The standard InChI is InChI=1S/C22H42/c1-19(2)13-11-17-21(5)15-9-7-8-10-16-22(6)18-12-14-20(3)4/h19-22H,9-18H2,1-6H3. The molecule has 0 nitrogen and oxygen atoms in total. The molecule has 0 aromatic rings. The van der Waals surface area contributed by atoms with E-state index in [4.69, 9.17) is 0 Å². The van der Waals surface area contributed by atoms with Crippen molar-refractivity contribution in [3.05, 3.63) is 0 Å². The summed E-state index contributed by atoms with van der Waals surface area (Å²) in [5.74, 6) is 10.2. The molecular formula is C22H42. The van der Waals surface area contributed by atoms with E-state index in [2.05, 4.69) is 53.4 Å². The summed E-state index contributed by atoms with van der Waals surface area (Å²) < 4.78 is 0. The summed E-state index contributed by atoms with van der Waals surface area (Å²) in [7, 11) is 0. The quantitative estimate of drug-likeness (QED) is 0.328. The van der Waals surface area contributed by atoms with Gasteiger partial charge in [-0.1, -0.05) is 80.1 Å². The first-order valence-electron chi connectivity index (χ1n) is 9.87. The molecule has 0 aromatic heterocycles. The molecule has 22 heavy (non-hydrogen) atoms. The van der Waals surface area contributed by atoms with Gasteiger partial charge in [-0.2, -0.15) is 0 Å². The minimum absolute atomic E-state index is 0.850. The molecule has 0 heteroatoms. The van der Waals surface area contributed by atoms with Gasteiger partial charge in [0.05, 0.1) is 0 Å². The predicted molar refractivity (Wildman–Crippen MR) is 102 cm³/mol. The highest BCUT2D eigenvalue weighted by Crippen LogP contribution is 2.17. The summed E-state index contributed by atoms with van der Waals surface area (Å²) >= 11 is 0. The third-order valence-electron chi connectivity index (χ3n) is 4.61. The Labute approximate surface area is 141 Å². The second-order valence-electron chi connectivity index (χ2n) is 8.29. The van der Waals surface area contributed by atoms with Crippen LogP contribution in [0.1, 0.15) is 106 Å². The highest BCUT2D eigenvalue weighted by atomic mass is 14.1. The first-order chi connectivity index (χ1) is 10.4. The molecule has 0 spiro atoms. The van der Waals surface area contributed by atoms with Crippen LogP contribution in [-0.2, 0) is 0 Å². The summed E-state index contributed by atoms with van der Waals surface area (Å²) in [5.41, 5.74) is 0. The molecule has 0 aliphatic rings. The predicted octanol–water partition coefficient (Wildman–Crippen LogP) is 7.48. The van der Waals surface area contributed by atoms with Crippen LogP contribution < -0.4 is 0 Å². The van der Waals surface area contributed by atoms with Crippen molar-refractivity contribution < 1.29 is 0 Å². The van der Waals surface area contributed by atoms with Crippen molar-refractivity contribution in [2.24, 2.45) is 23.7 Å². The van der Waals surface area contributed by atoms with Gasteiger partial charge in [0.25, 0.3) is 0 Å². The molecule has 0 amide bonds. The van der Waals surface area contributed by atoms with Gasteiger partial charge in [-0.3, -0.25) is 0 Å². The van der Waals surface area contributed by atoms with Gasteiger partial charge in [0.2, 0.25) is 0 Å². The third-order valence-corrected chi connectivity index (χ3v) is 4.61. The lowest BCUT2D eigenvalue weighted by Crippen LogP contribution is -1.96. The van der Waals surface area contributed by atoms with E-state index >= 15 is 0 Å². The molecule has 0 fully saturated rings. The minimum atomic E-state index is 0.850. The zero-order valence-corrected chi connectivity index (χ0v) is 16.4. The summed E-state index contributed by atoms with van der Waals surface area (Å²) in [6.45, 7) is 14.1. The molecule has 0 aromatic carbocycles. The Morgan fingerprint density at radius 3 is 1.18 bits per heavy atom. The van der Waals surface area contributed by atoms with E-state index in [0.29, 0.717) is 0 Å². The van der Waals surface area contributed by atoms with Gasteiger partial charge >= 0.3 is 0 Å². The van der Waals surface area contributed by atoms with E-state index in [0.717, 1.165) is 36.5 Å². The smallest absolute Gasteiger partial charge is 0.00912 e. The number of hydrogen-bond donors (Lipinski definition) is 0. The molecule has 0 bridgehead atoms. The summed E-state index contributed by atoms with van der Waals surface area (Å²) in [6.07, 6.45) is 13.1. The van der Waals surface area contributed by atoms with Crippen molar-refractivity contribution >= 4 is 0 Å². The zero-order valence-electron chi connectivity index (χ0n) is 16.4. The first kappa shape index (κ1) is 21.6. The highest BCUT2D eigenvalue weighted by molar-refractivity contribution is 4.98. The Morgan fingerprint density at radius 2 is 0.864 bits per heavy atom. The molecule has 0 saturated carbocycles. The van der Waals surface area contributed by atoms with E-state index in [9.17, 15) is 0 Å². The van der Waals surface area contributed by atoms with Crippen molar-refractivity contribution in [3.8, 4) is 11.8 Å². The Balaban J connectivity index is 3.51. The maximum absolute atomic E-state index is 3.40. The van der Waals surface area contributed by atoms with Gasteiger partial charge in [-0.15, -0.1) is 11.8 Å². The SMILES string of the molecule is CC(C)CCCC(C)CCC#CCCC(C)CCCC(C)C. The summed E-state index contributed by atoms with van der Waals surface area (Å²) in [4.78, 5) is 0. The van der Waals surface area contributed by atoms with Crippen LogP contribution >= 0.6 is 0 Å². The van der Waals surface area contributed by atoms with Gasteiger partial charge in [0.15, 0.2) is 0 Å². The lowest BCUT2D eigenvalue weighted by molar-refractivity contribution is 0.439. The maximum Gasteiger partial charge on any atom is 0.00912 e. The molecule has 0 radical (unpaired) electrons. The Bertz CT molecular complexity index is 261. The topological polar surface area (TPSA) is 0 Å². The van der Waals surface area contributed by atoms with Gasteiger partial charge in [-0.25, -0.2) is 0 Å². The van der Waals surface area contributed by atoms with E-state index in [1.165, 1.54) is 51.4 Å². The fraction of sp³-hybridized carbons (Fsp3) is 0.909. The van der Waals surface area contributed by atoms with E-state index in [-0.39, 0.29) is 0 Å². The monoisotopic (exact) mass is 306 g/mol. The van der Waals surface area contributed by atoms with Crippen molar-refractivity contribution in [2.75, 3.05) is 0 Å². The van der Waals surface area contributed by atoms with Crippen LogP contribution in [-0.4, -0.2) is 0 Å². The number of rotatable bonds is 12. The fourth-order valence-electron chi connectivity index (χ4n) is 2.85. The molecule has 130 valence electrons. The van der Waals surface area contributed by atoms with E-state index in [1.807, 2.05) is 0 Å². The normalized spacial score (nSPS) is 14.0. The van der Waals surface area contributed by atoms with Crippen LogP contribution in [0.4, 0.5) is 0 Å². The Kier molecular flexibility index (Phi) is 13.9. The average molecular weight is 307 g/mol. The molecule has 0 N–H and O–H groups in total. The van der Waals surface area contributed by atoms with Crippen LogP contribution in [0.2, 0.25) is 0 Å². The number of hydrogen-bond acceptors (Lipinski definition) is 0. The van der Waals surface area contributed by atoms with E-state index in [1.54, 1.807) is 0 Å². The van der Waals surface area contributed by atoms with Crippen molar-refractivity contribution in [1.29, 1.82) is 0 Å². The van der Waals surface area contributed by atoms with Crippen molar-refractivity contribution in [1.82, 2.24) is 0 Å². The van der Waals surface area contributed by atoms with Crippen LogP contribution in [0, 0.1) is 35.5 Å². The second kappa shape index (κ2) is 14.2. The molecule has 2 atom stereocenters. The van der Waals surface area contributed by atoms with Gasteiger partial charge < -0.3 is 0 Å². The molecular weight excluding hydrogens is 264 g/mol. The zero-order chi connectivity index (χ0) is 16.8. The highest BCUT2D eigenvalue weighted by Gasteiger charge is 2.03. The van der Waals surface area contributed by atoms with Gasteiger partial charge in [0.1, 0.15) is 0 Å². The van der Waals surface area contributed by atoms with Crippen LogP contribution in [0.3, 0.4) is 0 Å². The Morgan fingerprint density at radius 1 is 0.500 bits per heavy atom. The van der Waals surface area contributed by atoms with Crippen LogP contribution in [0.25, 0.3) is 0 Å². The van der Waals surface area contributed by atoms with Crippen LogP contribution in [0.15, 0.2) is 0 Å². The lowest BCUT2D eigenvalue weighted by atomic mass is 9.95. The molecule has 0 aliphatic heterocycles. The van der Waals surface area contributed by atoms with Crippen molar-refractivity contribution in [3.63, 3.8) is 0 Å². The fourth-order valence-corrected chi connectivity index (χ4v) is 2.85. The second-order valence-corrected chi connectivity index (χ2v) is 8.29. The van der Waals surface area contributed by atoms with Crippen molar-refractivity contribution in [2.45, 2.75) is 106 Å². The van der Waals surface area contributed by atoms with Crippen LogP contribution in [0.5, 0.6) is 0 Å². The average Bonchev–Trinajstić information content (AvgIpc) is 2.41. The molecule has 0 aliphatic carbocycles. The lowest BCUT2D eigenvalue weighted by Gasteiger charge is -2.10. The van der Waals surface area contributed by atoms with Gasteiger partial charge in [-0.05, 0) is 36.5 Å². The molecule has 0 saturated heterocycles. The minimum Gasteiger partial charge on any atom is -0.103 e. The van der Waals surface area contributed by atoms with E-state index < -0.39 is 0 Å². The first-order valence-corrected chi connectivity index (χ1v) is 9.87. The molecule has 2 unspecified atom stereocenters. The molecule has 0 rings (SSSR count). The van der Waals surface area contributed by atoms with Gasteiger partial charge in [0, 0.05) is 12.8 Å². The largest absolute Gasteiger partial charge is 0.103 e. The summed E-state index contributed by atoms with van der Waals surface area (Å²) in [5, 5.41) is 0.